The van der Waals surface area contributed by atoms with E-state index < -0.39 is 15.9 Å². The molecule has 0 saturated heterocycles. The fourth-order valence-corrected chi connectivity index (χ4v) is 3.21. The Morgan fingerprint density at radius 3 is 2.68 bits per heavy atom. The molecule has 108 valence electrons. The molecule has 0 fully saturated rings. The highest BCUT2D eigenvalue weighted by Gasteiger charge is 2.16. The second-order valence-electron chi connectivity index (χ2n) is 4.78. The van der Waals surface area contributed by atoms with Gasteiger partial charge in [0.05, 0.1) is 16.8 Å². The van der Waals surface area contributed by atoms with Crippen LogP contribution in [0.5, 0.6) is 0 Å². The fourth-order valence-electron chi connectivity index (χ4n) is 1.80. The molecule has 0 aliphatic heterocycles. The molecule has 3 N–H and O–H groups in total. The highest BCUT2D eigenvalue weighted by atomic mass is 32.2. The number of likely N-dealkylation sites (N-methyl/N-ethyl adjacent to an activating group) is 1. The van der Waals surface area contributed by atoms with Gasteiger partial charge in [0.25, 0.3) is 0 Å². The SMILES string of the molecule is CC(O)CN(C)CCS(=O)(=O)c1cccc(CN)c1. The summed E-state index contributed by atoms with van der Waals surface area (Å²) in [5, 5.41) is 9.23. The fraction of sp³-hybridized carbons (Fsp3) is 0.538. The summed E-state index contributed by atoms with van der Waals surface area (Å²) in [5.74, 6) is 0.0320. The Morgan fingerprint density at radius 2 is 2.11 bits per heavy atom. The minimum absolute atomic E-state index is 0.0320. The monoisotopic (exact) mass is 286 g/mol. The first kappa shape index (κ1) is 16.1. The van der Waals surface area contributed by atoms with Crippen LogP contribution in [0.15, 0.2) is 29.2 Å². The standard InChI is InChI=1S/C13H22N2O3S/c1-11(16)10-15(2)6-7-19(17,18)13-5-3-4-12(8-13)9-14/h3-5,8,11,16H,6-7,9-10,14H2,1-2H3. The van der Waals surface area contributed by atoms with Gasteiger partial charge in [-0.25, -0.2) is 8.42 Å². The Morgan fingerprint density at radius 1 is 1.42 bits per heavy atom. The Kier molecular flexibility index (Phi) is 5.93. The van der Waals surface area contributed by atoms with Crippen LogP contribution in [-0.4, -0.2) is 50.4 Å². The third kappa shape index (κ3) is 5.28. The van der Waals surface area contributed by atoms with Gasteiger partial charge in [0, 0.05) is 19.6 Å². The molecule has 0 aliphatic rings. The summed E-state index contributed by atoms with van der Waals surface area (Å²) in [6.45, 7) is 2.85. The normalized spacial score (nSPS) is 13.7. The van der Waals surface area contributed by atoms with E-state index in [1.807, 2.05) is 0 Å². The van der Waals surface area contributed by atoms with Gasteiger partial charge in [0.15, 0.2) is 9.84 Å². The summed E-state index contributed by atoms with van der Waals surface area (Å²) in [6.07, 6.45) is -0.465. The molecule has 1 atom stereocenters. The third-order valence-corrected chi connectivity index (χ3v) is 4.50. The molecule has 0 heterocycles. The average Bonchev–Trinajstić information content (AvgIpc) is 2.36. The lowest BCUT2D eigenvalue weighted by molar-refractivity contribution is 0.145. The zero-order valence-corrected chi connectivity index (χ0v) is 12.2. The highest BCUT2D eigenvalue weighted by Crippen LogP contribution is 2.13. The lowest BCUT2D eigenvalue weighted by Crippen LogP contribution is -2.31. The van der Waals surface area contributed by atoms with E-state index in [1.54, 1.807) is 43.1 Å². The lowest BCUT2D eigenvalue weighted by atomic mass is 10.2. The van der Waals surface area contributed by atoms with Gasteiger partial charge >= 0.3 is 0 Å². The van der Waals surface area contributed by atoms with Crippen molar-refractivity contribution < 1.29 is 13.5 Å². The molecule has 1 aromatic rings. The molecule has 0 amide bonds. The highest BCUT2D eigenvalue weighted by molar-refractivity contribution is 7.91. The van der Waals surface area contributed by atoms with Gasteiger partial charge in [-0.2, -0.15) is 0 Å². The Bertz CT molecular complexity index is 500. The van der Waals surface area contributed by atoms with E-state index in [2.05, 4.69) is 0 Å². The van der Waals surface area contributed by atoms with Gasteiger partial charge in [0.1, 0.15) is 0 Å². The second kappa shape index (κ2) is 7.00. The quantitative estimate of drug-likeness (QED) is 0.750. The number of rotatable bonds is 7. The molecule has 0 bridgehead atoms. The predicted octanol–water partition coefficient (Wildman–Crippen LogP) is 0.232. The minimum Gasteiger partial charge on any atom is -0.392 e. The molecule has 0 saturated carbocycles. The van der Waals surface area contributed by atoms with Gasteiger partial charge in [-0.15, -0.1) is 0 Å². The first-order valence-electron chi connectivity index (χ1n) is 6.23. The van der Waals surface area contributed by atoms with E-state index in [4.69, 9.17) is 5.73 Å². The average molecular weight is 286 g/mol. The second-order valence-corrected chi connectivity index (χ2v) is 6.89. The number of hydrogen-bond acceptors (Lipinski definition) is 5. The van der Waals surface area contributed by atoms with Crippen molar-refractivity contribution >= 4 is 9.84 Å². The Labute approximate surface area is 115 Å². The molecular formula is C13H22N2O3S. The van der Waals surface area contributed by atoms with Gasteiger partial charge in [0.2, 0.25) is 0 Å². The van der Waals surface area contributed by atoms with Crippen molar-refractivity contribution in [2.24, 2.45) is 5.73 Å². The molecule has 0 spiro atoms. The maximum Gasteiger partial charge on any atom is 0.179 e. The van der Waals surface area contributed by atoms with Crippen LogP contribution in [0.25, 0.3) is 0 Å². The van der Waals surface area contributed by atoms with Gasteiger partial charge < -0.3 is 15.7 Å². The first-order valence-corrected chi connectivity index (χ1v) is 7.89. The molecule has 1 aromatic carbocycles. The van der Waals surface area contributed by atoms with E-state index in [0.717, 1.165) is 5.56 Å². The number of aliphatic hydroxyl groups is 1. The van der Waals surface area contributed by atoms with Crippen LogP contribution in [0.2, 0.25) is 0 Å². The van der Waals surface area contributed by atoms with Crippen molar-refractivity contribution in [2.75, 3.05) is 25.9 Å². The Hall–Kier alpha value is -0.950. The summed E-state index contributed by atoms with van der Waals surface area (Å²) in [5.41, 5.74) is 6.31. The van der Waals surface area contributed by atoms with Crippen molar-refractivity contribution in [3.05, 3.63) is 29.8 Å². The number of benzene rings is 1. The predicted molar refractivity (Wildman–Crippen MR) is 75.6 cm³/mol. The van der Waals surface area contributed by atoms with Gasteiger partial charge in [-0.05, 0) is 31.7 Å². The summed E-state index contributed by atoms with van der Waals surface area (Å²) < 4.78 is 24.3. The number of sulfone groups is 1. The molecule has 6 heteroatoms. The largest absolute Gasteiger partial charge is 0.392 e. The molecule has 1 unspecified atom stereocenters. The summed E-state index contributed by atoms with van der Waals surface area (Å²) in [4.78, 5) is 2.11. The molecule has 0 radical (unpaired) electrons. The molecule has 0 aliphatic carbocycles. The van der Waals surface area contributed by atoms with Crippen LogP contribution >= 0.6 is 0 Å². The number of nitrogens with zero attached hydrogens (tertiary/aromatic N) is 1. The van der Waals surface area contributed by atoms with E-state index in [-0.39, 0.29) is 5.75 Å². The molecule has 5 nitrogen and oxygen atoms in total. The zero-order chi connectivity index (χ0) is 14.5. The van der Waals surface area contributed by atoms with Crippen LogP contribution in [-0.2, 0) is 16.4 Å². The molecular weight excluding hydrogens is 264 g/mol. The summed E-state index contributed by atoms with van der Waals surface area (Å²) in [7, 11) is -1.51. The van der Waals surface area contributed by atoms with Crippen molar-refractivity contribution in [1.29, 1.82) is 0 Å². The van der Waals surface area contributed by atoms with Crippen molar-refractivity contribution in [3.63, 3.8) is 0 Å². The molecule has 1 rings (SSSR count). The molecule has 19 heavy (non-hydrogen) atoms. The van der Waals surface area contributed by atoms with E-state index in [1.165, 1.54) is 0 Å². The number of aliphatic hydroxyl groups excluding tert-OH is 1. The van der Waals surface area contributed by atoms with Gasteiger partial charge in [-0.1, -0.05) is 12.1 Å². The smallest absolute Gasteiger partial charge is 0.179 e. The maximum atomic E-state index is 12.2. The minimum atomic E-state index is -3.30. The van der Waals surface area contributed by atoms with Crippen LogP contribution in [0.3, 0.4) is 0 Å². The Balaban J connectivity index is 2.70. The maximum absolute atomic E-state index is 12.2. The van der Waals surface area contributed by atoms with Crippen LogP contribution in [0.1, 0.15) is 12.5 Å². The lowest BCUT2D eigenvalue weighted by Gasteiger charge is -2.18. The van der Waals surface area contributed by atoms with Crippen LogP contribution in [0, 0.1) is 0 Å². The van der Waals surface area contributed by atoms with Crippen molar-refractivity contribution in [1.82, 2.24) is 4.90 Å². The number of hydrogen-bond donors (Lipinski definition) is 2. The van der Waals surface area contributed by atoms with Crippen LogP contribution < -0.4 is 5.73 Å². The zero-order valence-electron chi connectivity index (χ0n) is 11.4. The third-order valence-electron chi connectivity index (χ3n) is 2.81. The van der Waals surface area contributed by atoms with Gasteiger partial charge in [-0.3, -0.25) is 0 Å². The van der Waals surface area contributed by atoms with E-state index >= 15 is 0 Å². The topological polar surface area (TPSA) is 83.6 Å². The summed E-state index contributed by atoms with van der Waals surface area (Å²) >= 11 is 0. The molecule has 0 aromatic heterocycles. The summed E-state index contributed by atoms with van der Waals surface area (Å²) in [6, 6.07) is 6.71. The van der Waals surface area contributed by atoms with Crippen LogP contribution in [0.4, 0.5) is 0 Å². The van der Waals surface area contributed by atoms with Crippen molar-refractivity contribution in [2.45, 2.75) is 24.5 Å². The van der Waals surface area contributed by atoms with Crippen molar-refractivity contribution in [3.8, 4) is 0 Å². The first-order chi connectivity index (χ1) is 8.85. The van der Waals surface area contributed by atoms with E-state index in [9.17, 15) is 13.5 Å². The van der Waals surface area contributed by atoms with E-state index in [0.29, 0.717) is 24.5 Å². The number of nitrogens with two attached hydrogens (primary N) is 1.